The van der Waals surface area contributed by atoms with Crippen LogP contribution in [0.15, 0.2) is 43.0 Å². The zero-order valence-electron chi connectivity index (χ0n) is 22.5. The van der Waals surface area contributed by atoms with Crippen LogP contribution < -0.4 is 10.1 Å². The lowest BCUT2D eigenvalue weighted by atomic mass is 9.85. The number of hydrogen-bond acceptors (Lipinski definition) is 8. The van der Waals surface area contributed by atoms with E-state index in [-0.39, 0.29) is 13.0 Å². The third-order valence-corrected chi connectivity index (χ3v) is 5.82. The highest BCUT2D eigenvalue weighted by atomic mass is 16.6. The quantitative estimate of drug-likeness (QED) is 0.583. The number of carbonyl (C=O) groups is 3. The average Bonchev–Trinajstić information content (AvgIpc) is 3.24. The van der Waals surface area contributed by atoms with Gasteiger partial charge in [0.25, 0.3) is 0 Å². The summed E-state index contributed by atoms with van der Waals surface area (Å²) in [6.07, 6.45) is 5.75. The smallest absolute Gasteiger partial charge is 0.408 e. The molecule has 0 aromatic carbocycles. The number of methoxy groups -OCH3 is 1. The van der Waals surface area contributed by atoms with E-state index in [4.69, 9.17) is 14.2 Å². The van der Waals surface area contributed by atoms with E-state index >= 15 is 0 Å². The van der Waals surface area contributed by atoms with E-state index in [1.807, 2.05) is 39.0 Å². The number of nitrogens with one attached hydrogen (secondary N) is 1. The second-order valence-corrected chi connectivity index (χ2v) is 11.1. The highest BCUT2D eigenvalue weighted by molar-refractivity contribution is 5.91. The number of carbonyl (C=O) groups excluding carboxylic acids is 3. The molecule has 0 radical (unpaired) electrons. The van der Waals surface area contributed by atoms with Gasteiger partial charge in [-0.25, -0.2) is 9.59 Å². The Balaban J connectivity index is 1.81. The molecule has 0 spiro atoms. The molecule has 1 fully saturated rings. The predicted molar refractivity (Wildman–Crippen MR) is 137 cm³/mol. The van der Waals surface area contributed by atoms with E-state index in [0.29, 0.717) is 5.75 Å². The maximum Gasteiger partial charge on any atom is 0.408 e. The van der Waals surface area contributed by atoms with Gasteiger partial charge in [0.2, 0.25) is 5.91 Å². The molecule has 3 atom stereocenters. The fourth-order valence-electron chi connectivity index (χ4n) is 4.10. The number of hydrogen-bond donors (Lipinski definition) is 1. The molecule has 10 heteroatoms. The number of pyridine rings is 2. The van der Waals surface area contributed by atoms with Crippen LogP contribution in [0.2, 0.25) is 0 Å². The molecule has 1 N–H and O–H groups in total. The maximum atomic E-state index is 13.7. The first-order valence-corrected chi connectivity index (χ1v) is 12.2. The Morgan fingerprint density at radius 1 is 1.03 bits per heavy atom. The largest absolute Gasteiger partial charge is 0.487 e. The third kappa shape index (κ3) is 7.41. The van der Waals surface area contributed by atoms with Gasteiger partial charge in [0.05, 0.1) is 19.9 Å². The number of likely N-dealkylation sites (tertiary alicyclic amines) is 1. The third-order valence-electron chi connectivity index (χ3n) is 5.82. The molecule has 37 heavy (non-hydrogen) atoms. The van der Waals surface area contributed by atoms with Gasteiger partial charge in [-0.2, -0.15) is 0 Å². The molecule has 1 aliphatic heterocycles. The summed E-state index contributed by atoms with van der Waals surface area (Å²) in [6, 6.07) is 3.79. The van der Waals surface area contributed by atoms with Gasteiger partial charge in [-0.1, -0.05) is 20.8 Å². The van der Waals surface area contributed by atoms with Crippen molar-refractivity contribution < 1.29 is 28.6 Å². The normalized spacial score (nSPS) is 18.6. The molecular formula is C27H36N4O6. The van der Waals surface area contributed by atoms with Crippen molar-refractivity contribution in [3.8, 4) is 16.9 Å². The van der Waals surface area contributed by atoms with Crippen molar-refractivity contribution in [3.63, 3.8) is 0 Å². The minimum absolute atomic E-state index is 0.140. The van der Waals surface area contributed by atoms with Gasteiger partial charge in [-0.3, -0.25) is 14.8 Å². The Bertz CT molecular complexity index is 1110. The van der Waals surface area contributed by atoms with Gasteiger partial charge in [0.15, 0.2) is 0 Å². The lowest BCUT2D eigenvalue weighted by Crippen LogP contribution is -2.57. The lowest BCUT2D eigenvalue weighted by molar-refractivity contribution is -0.152. The minimum atomic E-state index is -0.940. The standard InChI is InChI=1S/C27H36N4O6/c1-26(2,3)22(30-25(34)37-27(4,5)6)23(32)31-16-20(13-21(31)24(33)35-7)36-19-12-18(14-29-15-19)17-8-10-28-11-9-17/h8-12,14-15,20-22H,13,16H2,1-7H3,(H,30,34). The van der Waals surface area contributed by atoms with E-state index in [0.717, 1.165) is 11.1 Å². The zero-order valence-corrected chi connectivity index (χ0v) is 22.5. The van der Waals surface area contributed by atoms with Crippen molar-refractivity contribution in [1.82, 2.24) is 20.2 Å². The highest BCUT2D eigenvalue weighted by Crippen LogP contribution is 2.30. The van der Waals surface area contributed by atoms with Crippen LogP contribution in [-0.4, -0.2) is 70.3 Å². The van der Waals surface area contributed by atoms with Crippen LogP contribution >= 0.6 is 0 Å². The van der Waals surface area contributed by atoms with Gasteiger partial charge < -0.3 is 24.4 Å². The van der Waals surface area contributed by atoms with Crippen molar-refractivity contribution >= 4 is 18.0 Å². The Labute approximate surface area is 217 Å². The van der Waals surface area contributed by atoms with Crippen molar-refractivity contribution in [2.45, 2.75) is 71.8 Å². The Kier molecular flexibility index (Phi) is 8.40. The molecule has 1 aliphatic rings. The molecule has 3 unspecified atom stereocenters. The van der Waals surface area contributed by atoms with Crippen molar-refractivity contribution in [2.24, 2.45) is 5.41 Å². The lowest BCUT2D eigenvalue weighted by Gasteiger charge is -2.35. The summed E-state index contributed by atoms with van der Waals surface area (Å²) in [5.74, 6) is -0.451. The SMILES string of the molecule is COC(=O)C1CC(Oc2cncc(-c3ccncc3)c2)CN1C(=O)C(NC(=O)OC(C)(C)C)C(C)(C)C. The minimum Gasteiger partial charge on any atom is -0.487 e. The molecule has 1 saturated heterocycles. The van der Waals surface area contributed by atoms with E-state index in [1.54, 1.807) is 45.6 Å². The summed E-state index contributed by atoms with van der Waals surface area (Å²) >= 11 is 0. The number of esters is 1. The summed E-state index contributed by atoms with van der Waals surface area (Å²) in [7, 11) is 1.28. The van der Waals surface area contributed by atoms with Crippen LogP contribution in [0.3, 0.4) is 0 Å². The molecule has 2 aromatic rings. The Morgan fingerprint density at radius 2 is 1.70 bits per heavy atom. The Hall–Kier alpha value is -3.69. The fraction of sp³-hybridized carbons (Fsp3) is 0.519. The van der Waals surface area contributed by atoms with Gasteiger partial charge in [-0.05, 0) is 49.9 Å². The summed E-state index contributed by atoms with van der Waals surface area (Å²) in [5, 5.41) is 2.70. The maximum absolute atomic E-state index is 13.7. The molecule has 3 rings (SSSR count). The van der Waals surface area contributed by atoms with Crippen LogP contribution in [0, 0.1) is 5.41 Å². The van der Waals surface area contributed by atoms with E-state index < -0.39 is 47.2 Å². The molecule has 0 aliphatic carbocycles. The Morgan fingerprint density at radius 3 is 2.30 bits per heavy atom. The van der Waals surface area contributed by atoms with Crippen LogP contribution in [0.5, 0.6) is 5.75 Å². The molecule has 0 saturated carbocycles. The first-order chi connectivity index (χ1) is 17.3. The van der Waals surface area contributed by atoms with Crippen molar-refractivity contribution in [1.29, 1.82) is 0 Å². The molecular weight excluding hydrogens is 476 g/mol. The number of aromatic nitrogens is 2. The number of rotatable bonds is 6. The highest BCUT2D eigenvalue weighted by Gasteiger charge is 2.46. The first kappa shape index (κ1) is 27.9. The van der Waals surface area contributed by atoms with Gasteiger partial charge in [0.1, 0.15) is 29.5 Å². The second kappa shape index (κ2) is 11.1. The molecule has 10 nitrogen and oxygen atoms in total. The topological polar surface area (TPSA) is 120 Å². The van der Waals surface area contributed by atoms with Gasteiger partial charge in [-0.15, -0.1) is 0 Å². The van der Waals surface area contributed by atoms with Crippen LogP contribution in [0.4, 0.5) is 4.79 Å². The van der Waals surface area contributed by atoms with Crippen LogP contribution in [0.25, 0.3) is 11.1 Å². The van der Waals surface area contributed by atoms with Crippen LogP contribution in [-0.2, 0) is 19.1 Å². The monoisotopic (exact) mass is 512 g/mol. The summed E-state index contributed by atoms with van der Waals surface area (Å²) in [4.78, 5) is 48.6. The predicted octanol–water partition coefficient (Wildman–Crippen LogP) is 3.60. The van der Waals surface area contributed by atoms with Crippen molar-refractivity contribution in [3.05, 3.63) is 43.0 Å². The summed E-state index contributed by atoms with van der Waals surface area (Å²) in [5.41, 5.74) is 0.404. The first-order valence-electron chi connectivity index (χ1n) is 12.2. The average molecular weight is 513 g/mol. The van der Waals surface area contributed by atoms with E-state index in [9.17, 15) is 14.4 Å². The number of nitrogens with zero attached hydrogens (tertiary/aromatic N) is 3. The molecule has 0 bridgehead atoms. The van der Waals surface area contributed by atoms with E-state index in [2.05, 4.69) is 15.3 Å². The number of alkyl carbamates (subject to hydrolysis) is 1. The summed E-state index contributed by atoms with van der Waals surface area (Å²) in [6.45, 7) is 10.9. The number of amides is 2. The van der Waals surface area contributed by atoms with E-state index in [1.165, 1.54) is 12.0 Å². The molecule has 3 heterocycles. The molecule has 2 amide bonds. The van der Waals surface area contributed by atoms with Crippen molar-refractivity contribution in [2.75, 3.05) is 13.7 Å². The zero-order chi connectivity index (χ0) is 27.4. The molecule has 200 valence electrons. The fourth-order valence-corrected chi connectivity index (χ4v) is 4.10. The van der Waals surface area contributed by atoms with Gasteiger partial charge in [0, 0.05) is 30.6 Å². The van der Waals surface area contributed by atoms with Crippen LogP contribution in [0.1, 0.15) is 48.0 Å². The molecule has 2 aromatic heterocycles. The van der Waals surface area contributed by atoms with Gasteiger partial charge >= 0.3 is 12.1 Å². The summed E-state index contributed by atoms with van der Waals surface area (Å²) < 4.78 is 16.5. The number of ether oxygens (including phenoxy) is 3. The second-order valence-electron chi connectivity index (χ2n) is 11.1.